The maximum absolute atomic E-state index is 10.0. The number of hydrogen-bond acceptors (Lipinski definition) is 2. The lowest BCUT2D eigenvalue weighted by atomic mass is 9.95. The lowest BCUT2D eigenvalue weighted by molar-refractivity contribution is 0.00623. The van der Waals surface area contributed by atoms with Crippen molar-refractivity contribution in [3.05, 3.63) is 23.7 Å². The molecule has 0 atom stereocenters. The van der Waals surface area contributed by atoms with Crippen molar-refractivity contribution in [2.75, 3.05) is 0 Å². The molecule has 1 rings (SSSR count). The smallest absolute Gasteiger partial charge is 0.135 e. The van der Waals surface area contributed by atoms with E-state index in [-0.39, 0.29) is 0 Å². The van der Waals surface area contributed by atoms with Gasteiger partial charge in [0.25, 0.3) is 0 Å². The minimum Gasteiger partial charge on any atom is -0.463 e. The molecule has 12 heavy (non-hydrogen) atoms. The Hall–Kier alpha value is -0.760. The summed E-state index contributed by atoms with van der Waals surface area (Å²) in [5, 5.41) is 10.0. The molecular weight excluding hydrogens is 152 g/mol. The van der Waals surface area contributed by atoms with Gasteiger partial charge in [0.05, 0.1) is 0 Å². The van der Waals surface area contributed by atoms with E-state index in [0.717, 1.165) is 5.76 Å². The Morgan fingerprint density at radius 1 is 1.33 bits per heavy atom. The van der Waals surface area contributed by atoms with Crippen molar-refractivity contribution in [2.45, 2.75) is 39.2 Å². The van der Waals surface area contributed by atoms with Crippen LogP contribution in [-0.4, -0.2) is 5.11 Å². The summed E-state index contributed by atoms with van der Waals surface area (Å²) in [6.45, 7) is 5.80. The summed E-state index contributed by atoms with van der Waals surface area (Å²) in [5.74, 6) is 1.54. The first-order valence-corrected chi connectivity index (χ1v) is 4.41. The predicted octanol–water partition coefficient (Wildman–Crippen LogP) is 2.60. The molecule has 0 saturated heterocycles. The fraction of sp³-hybridized carbons (Fsp3) is 0.600. The largest absolute Gasteiger partial charge is 0.463 e. The topological polar surface area (TPSA) is 33.4 Å². The third kappa shape index (κ3) is 1.53. The van der Waals surface area contributed by atoms with Crippen LogP contribution < -0.4 is 0 Å². The molecule has 2 heteroatoms. The molecular formula is C10H16O2. The highest BCUT2D eigenvalue weighted by Crippen LogP contribution is 2.29. The molecule has 1 aromatic heterocycles. The lowest BCUT2D eigenvalue weighted by Gasteiger charge is -2.22. The van der Waals surface area contributed by atoms with Gasteiger partial charge in [-0.25, -0.2) is 0 Å². The second-order valence-electron chi connectivity index (χ2n) is 3.15. The first-order chi connectivity index (χ1) is 5.62. The van der Waals surface area contributed by atoms with E-state index in [1.165, 1.54) is 0 Å². The Kier molecular flexibility index (Phi) is 2.58. The van der Waals surface area contributed by atoms with Crippen LogP contribution in [0.25, 0.3) is 0 Å². The van der Waals surface area contributed by atoms with Crippen molar-refractivity contribution in [1.29, 1.82) is 0 Å². The van der Waals surface area contributed by atoms with Crippen LogP contribution in [0.2, 0.25) is 0 Å². The molecule has 0 radical (unpaired) electrons. The quantitative estimate of drug-likeness (QED) is 0.752. The molecule has 1 N–H and O–H groups in total. The molecule has 0 amide bonds. The fourth-order valence-electron chi connectivity index (χ4n) is 1.28. The number of aliphatic hydroxyl groups is 1. The van der Waals surface area contributed by atoms with E-state index in [2.05, 4.69) is 0 Å². The van der Waals surface area contributed by atoms with Gasteiger partial charge in [-0.3, -0.25) is 0 Å². The first kappa shape index (κ1) is 9.33. The van der Waals surface area contributed by atoms with Gasteiger partial charge >= 0.3 is 0 Å². The second kappa shape index (κ2) is 3.31. The van der Waals surface area contributed by atoms with E-state index >= 15 is 0 Å². The second-order valence-corrected chi connectivity index (χ2v) is 3.15. The molecule has 68 valence electrons. The molecule has 1 aromatic rings. The third-order valence-electron chi connectivity index (χ3n) is 2.37. The molecule has 1 heterocycles. The predicted molar refractivity (Wildman–Crippen MR) is 47.9 cm³/mol. The highest BCUT2D eigenvalue weighted by molar-refractivity contribution is 5.12. The van der Waals surface area contributed by atoms with Crippen molar-refractivity contribution >= 4 is 0 Å². The van der Waals surface area contributed by atoms with Gasteiger partial charge in [-0.15, -0.1) is 0 Å². The van der Waals surface area contributed by atoms with Crippen LogP contribution in [0.1, 0.15) is 38.2 Å². The minimum atomic E-state index is -0.770. The molecule has 0 aromatic carbocycles. The van der Waals surface area contributed by atoms with Gasteiger partial charge in [0, 0.05) is 0 Å². The van der Waals surface area contributed by atoms with Gasteiger partial charge in [0.15, 0.2) is 0 Å². The molecule has 0 saturated carbocycles. The fourth-order valence-corrected chi connectivity index (χ4v) is 1.28. The molecule has 0 bridgehead atoms. The maximum atomic E-state index is 10.0. The Morgan fingerprint density at radius 2 is 1.92 bits per heavy atom. The number of aryl methyl sites for hydroxylation is 1. The van der Waals surface area contributed by atoms with E-state index in [9.17, 15) is 5.11 Å². The Morgan fingerprint density at radius 3 is 2.25 bits per heavy atom. The van der Waals surface area contributed by atoms with E-state index in [0.29, 0.717) is 18.6 Å². The highest BCUT2D eigenvalue weighted by atomic mass is 16.4. The van der Waals surface area contributed by atoms with E-state index in [4.69, 9.17) is 4.42 Å². The first-order valence-electron chi connectivity index (χ1n) is 4.41. The van der Waals surface area contributed by atoms with Crippen molar-refractivity contribution < 1.29 is 9.52 Å². The van der Waals surface area contributed by atoms with Crippen molar-refractivity contribution in [3.63, 3.8) is 0 Å². The standard InChI is InChI=1S/C10H16O2/c1-4-10(11,5-2)9-7-6-8(3)12-9/h6-7,11H,4-5H2,1-3H3. The third-order valence-corrected chi connectivity index (χ3v) is 2.37. The Labute approximate surface area is 73.2 Å². The Bertz CT molecular complexity index is 246. The highest BCUT2D eigenvalue weighted by Gasteiger charge is 2.27. The maximum Gasteiger partial charge on any atom is 0.135 e. The average molecular weight is 168 g/mol. The number of hydrogen-bond donors (Lipinski definition) is 1. The Balaban J connectivity index is 2.94. The van der Waals surface area contributed by atoms with Crippen LogP contribution in [0.15, 0.2) is 16.5 Å². The van der Waals surface area contributed by atoms with E-state index in [1.807, 2.05) is 32.9 Å². The van der Waals surface area contributed by atoms with Gasteiger partial charge in [0.2, 0.25) is 0 Å². The van der Waals surface area contributed by atoms with Gasteiger partial charge in [-0.05, 0) is 31.9 Å². The van der Waals surface area contributed by atoms with Gasteiger partial charge in [-0.2, -0.15) is 0 Å². The van der Waals surface area contributed by atoms with Crippen LogP contribution in [0.4, 0.5) is 0 Å². The minimum absolute atomic E-state index is 0.685. The summed E-state index contributed by atoms with van der Waals surface area (Å²) in [6, 6.07) is 3.73. The molecule has 0 aliphatic carbocycles. The summed E-state index contributed by atoms with van der Waals surface area (Å²) in [6.07, 6.45) is 1.38. The summed E-state index contributed by atoms with van der Waals surface area (Å²) >= 11 is 0. The molecule has 0 aliphatic rings. The zero-order valence-corrected chi connectivity index (χ0v) is 7.92. The molecule has 0 fully saturated rings. The molecule has 0 unspecified atom stereocenters. The van der Waals surface area contributed by atoms with Crippen molar-refractivity contribution in [2.24, 2.45) is 0 Å². The summed E-state index contributed by atoms with van der Waals surface area (Å²) in [5.41, 5.74) is -0.770. The van der Waals surface area contributed by atoms with E-state index in [1.54, 1.807) is 0 Å². The van der Waals surface area contributed by atoms with Crippen LogP contribution in [0.5, 0.6) is 0 Å². The monoisotopic (exact) mass is 168 g/mol. The summed E-state index contributed by atoms with van der Waals surface area (Å²) in [4.78, 5) is 0. The lowest BCUT2D eigenvalue weighted by Crippen LogP contribution is -2.22. The van der Waals surface area contributed by atoms with Crippen LogP contribution in [-0.2, 0) is 5.60 Å². The van der Waals surface area contributed by atoms with Gasteiger partial charge < -0.3 is 9.52 Å². The van der Waals surface area contributed by atoms with Gasteiger partial charge in [0.1, 0.15) is 17.1 Å². The molecule has 0 aliphatic heterocycles. The zero-order chi connectivity index (χ0) is 9.19. The van der Waals surface area contributed by atoms with E-state index < -0.39 is 5.60 Å². The van der Waals surface area contributed by atoms with Gasteiger partial charge in [-0.1, -0.05) is 13.8 Å². The van der Waals surface area contributed by atoms with Crippen LogP contribution in [0.3, 0.4) is 0 Å². The normalized spacial score (nSPS) is 12.0. The van der Waals surface area contributed by atoms with Crippen molar-refractivity contribution in [1.82, 2.24) is 0 Å². The molecule has 0 spiro atoms. The number of rotatable bonds is 3. The van der Waals surface area contributed by atoms with Crippen LogP contribution in [0, 0.1) is 6.92 Å². The zero-order valence-electron chi connectivity index (χ0n) is 7.92. The van der Waals surface area contributed by atoms with Crippen molar-refractivity contribution in [3.8, 4) is 0 Å². The molecule has 2 nitrogen and oxygen atoms in total. The number of furan rings is 1. The SMILES string of the molecule is CCC(O)(CC)c1ccc(C)o1. The summed E-state index contributed by atoms with van der Waals surface area (Å²) in [7, 11) is 0. The van der Waals surface area contributed by atoms with Crippen LogP contribution >= 0.6 is 0 Å². The summed E-state index contributed by atoms with van der Waals surface area (Å²) < 4.78 is 5.38. The average Bonchev–Trinajstić information content (AvgIpc) is 2.51.